The molecule has 2 atom stereocenters. The van der Waals surface area contributed by atoms with Crippen molar-refractivity contribution in [3.05, 3.63) is 57.0 Å². The van der Waals surface area contributed by atoms with Crippen LogP contribution in [0.5, 0.6) is 5.75 Å². The lowest BCUT2D eigenvalue weighted by atomic mass is 10.0. The molecule has 3 rings (SSSR count). The van der Waals surface area contributed by atoms with Crippen molar-refractivity contribution >= 4 is 57.0 Å². The summed E-state index contributed by atoms with van der Waals surface area (Å²) in [7, 11) is 0. The molecular weight excluding hydrogens is 546 g/mol. The Hall–Kier alpha value is -3.35. The third kappa shape index (κ3) is 7.57. The number of phenols is 1. The Labute approximate surface area is 213 Å². The number of hydrogen-bond acceptors (Lipinski definition) is 8. The van der Waals surface area contributed by atoms with Crippen LogP contribution in [0.25, 0.3) is 0 Å². The molecule has 0 fully saturated rings. The molecule has 1 aliphatic rings. The number of β-amino-alcohol motifs (C(OH)–C–C–N with tert-alkyl or cyclic N) is 1. The summed E-state index contributed by atoms with van der Waals surface area (Å²) in [6.45, 7) is 0.187. The van der Waals surface area contributed by atoms with Crippen molar-refractivity contribution < 1.29 is 29.7 Å². The van der Waals surface area contributed by atoms with Crippen LogP contribution in [-0.2, 0) is 9.59 Å². The van der Waals surface area contributed by atoms with E-state index in [2.05, 4.69) is 42.2 Å². The normalized spacial score (nSPS) is 15.9. The van der Waals surface area contributed by atoms with Gasteiger partial charge in [0.05, 0.1) is 36.7 Å². The van der Waals surface area contributed by atoms with Crippen molar-refractivity contribution in [3.8, 4) is 5.75 Å². The van der Waals surface area contributed by atoms with Gasteiger partial charge in [0.2, 0.25) is 5.91 Å². The predicted molar refractivity (Wildman–Crippen MR) is 133 cm³/mol. The minimum atomic E-state index is -1.20. The topological polar surface area (TPSA) is 172 Å². The number of carbonyl (C=O) groups is 3. The quantitative estimate of drug-likeness (QED) is 0.252. The fraction of sp³-hybridized carbons (Fsp3) is 0.273. The van der Waals surface area contributed by atoms with Crippen molar-refractivity contribution in [2.45, 2.75) is 18.6 Å². The number of phenolic OH excluding ortho intramolecular Hbond substituents is 1. The van der Waals surface area contributed by atoms with Crippen LogP contribution < -0.4 is 21.3 Å². The number of anilines is 1. The number of aliphatic carboxylic acids is 1. The van der Waals surface area contributed by atoms with Crippen molar-refractivity contribution in [2.75, 3.05) is 25.0 Å². The lowest BCUT2D eigenvalue weighted by Gasteiger charge is -2.20. The maximum Gasteiger partial charge on any atom is 0.305 e. The summed E-state index contributed by atoms with van der Waals surface area (Å²) in [5.41, 5.74) is 0.975. The van der Waals surface area contributed by atoms with Crippen LogP contribution in [0, 0.1) is 0 Å². The number of nitrogens with zero attached hydrogens (tertiary/aromatic N) is 1. The number of benzene rings is 2. The van der Waals surface area contributed by atoms with Crippen molar-refractivity contribution in [2.24, 2.45) is 4.99 Å². The van der Waals surface area contributed by atoms with E-state index in [1.807, 2.05) is 0 Å². The number of carboxylic acid groups (broad SMARTS) is 1. The van der Waals surface area contributed by atoms with E-state index < -0.39 is 42.9 Å². The number of nitrogens with one attached hydrogen (secondary N) is 4. The zero-order valence-electron chi connectivity index (χ0n) is 18.2. The number of carbonyl (C=O) groups excluding carboxylic acids is 2. The molecule has 1 aliphatic heterocycles. The minimum Gasteiger partial charge on any atom is -0.506 e. The molecule has 0 saturated carbocycles. The molecule has 2 amide bonds. The van der Waals surface area contributed by atoms with Crippen molar-refractivity contribution in [1.29, 1.82) is 0 Å². The molecule has 0 aromatic heterocycles. The standard InChI is InChI=1S/C22H23BrClN5O6/c23-12-5-15(20(34)16(24)6-12)17(7-19(32)33)29-18(31)10-25-21(35)11-2-1-3-13(4-11)28-22-26-8-14(30)9-27-22/h1-6,14,17,30,34H,7-10H2,(H,25,35)(H,29,31)(H,32,33)(H2,26,27,28). The number of aliphatic imine (C=N–C) groups is 1. The van der Waals surface area contributed by atoms with Crippen LogP contribution in [0.3, 0.4) is 0 Å². The van der Waals surface area contributed by atoms with Gasteiger partial charge in [0.15, 0.2) is 5.96 Å². The zero-order chi connectivity index (χ0) is 25.5. The second kappa shape index (κ2) is 11.9. The molecule has 0 saturated heterocycles. The van der Waals surface area contributed by atoms with Gasteiger partial charge in [-0.05, 0) is 30.3 Å². The molecule has 2 unspecified atom stereocenters. The summed E-state index contributed by atoms with van der Waals surface area (Å²) in [6.07, 6.45) is -1.06. The average molecular weight is 569 g/mol. The molecule has 35 heavy (non-hydrogen) atoms. The third-order valence-electron chi connectivity index (χ3n) is 4.91. The Bertz CT molecular complexity index is 1160. The van der Waals surface area contributed by atoms with E-state index in [9.17, 15) is 29.7 Å². The van der Waals surface area contributed by atoms with Gasteiger partial charge in [-0.25, -0.2) is 0 Å². The summed E-state index contributed by atoms with van der Waals surface area (Å²) < 4.78 is 0.493. The van der Waals surface area contributed by atoms with Crippen molar-refractivity contribution in [3.63, 3.8) is 0 Å². The lowest BCUT2D eigenvalue weighted by molar-refractivity contribution is -0.137. The van der Waals surface area contributed by atoms with E-state index in [4.69, 9.17) is 11.6 Å². The largest absolute Gasteiger partial charge is 0.506 e. The summed E-state index contributed by atoms with van der Waals surface area (Å²) in [4.78, 5) is 40.5. The Balaban J connectivity index is 1.62. The molecule has 0 spiro atoms. The number of halogens is 2. The highest BCUT2D eigenvalue weighted by molar-refractivity contribution is 9.10. The van der Waals surface area contributed by atoms with Crippen LogP contribution in [0.15, 0.2) is 45.9 Å². The first kappa shape index (κ1) is 26.3. The monoisotopic (exact) mass is 567 g/mol. The summed E-state index contributed by atoms with van der Waals surface area (Å²) in [6, 6.07) is 8.32. The number of aliphatic hydroxyl groups is 1. The fourth-order valence-corrected chi connectivity index (χ4v) is 4.10. The number of guanidine groups is 1. The molecule has 11 nitrogen and oxygen atoms in total. The Morgan fingerprint density at radius 1 is 1.26 bits per heavy atom. The molecule has 1 heterocycles. The predicted octanol–water partition coefficient (Wildman–Crippen LogP) is 1.60. The molecule has 7 N–H and O–H groups in total. The summed E-state index contributed by atoms with van der Waals surface area (Å²) in [5.74, 6) is -2.27. The first-order valence-corrected chi connectivity index (χ1v) is 11.6. The van der Waals surface area contributed by atoms with E-state index in [-0.39, 0.29) is 28.4 Å². The number of aliphatic hydroxyl groups excluding tert-OH is 1. The van der Waals surface area contributed by atoms with E-state index in [0.717, 1.165) is 0 Å². The molecule has 2 aromatic carbocycles. The number of carboxylic acids is 1. The molecule has 0 bridgehead atoms. The SMILES string of the molecule is O=C(O)CC(NC(=O)CNC(=O)c1cccc(NC2=NCC(O)CN2)c1)c1cc(Br)cc(Cl)c1O. The Morgan fingerprint density at radius 3 is 2.71 bits per heavy atom. The molecular formula is C22H23BrClN5O6. The number of hydrogen-bond donors (Lipinski definition) is 7. The molecule has 2 aromatic rings. The second-order valence-electron chi connectivity index (χ2n) is 7.66. The number of rotatable bonds is 8. The van der Waals surface area contributed by atoms with E-state index in [1.165, 1.54) is 12.1 Å². The van der Waals surface area contributed by atoms with Gasteiger partial charge in [-0.15, -0.1) is 0 Å². The van der Waals surface area contributed by atoms with Crippen LogP contribution in [0.4, 0.5) is 5.69 Å². The van der Waals surface area contributed by atoms with Gasteiger partial charge in [0.25, 0.3) is 5.91 Å². The summed E-state index contributed by atoms with van der Waals surface area (Å²) in [5, 5.41) is 39.9. The van der Waals surface area contributed by atoms with Gasteiger partial charge in [0, 0.05) is 27.8 Å². The van der Waals surface area contributed by atoms with E-state index in [0.29, 0.717) is 22.7 Å². The molecule has 186 valence electrons. The highest BCUT2D eigenvalue weighted by Gasteiger charge is 2.23. The summed E-state index contributed by atoms with van der Waals surface area (Å²) >= 11 is 9.19. The number of aromatic hydroxyl groups is 1. The first-order valence-electron chi connectivity index (χ1n) is 10.4. The molecule has 0 radical (unpaired) electrons. The van der Waals surface area contributed by atoms with Crippen LogP contribution in [-0.4, -0.2) is 64.8 Å². The van der Waals surface area contributed by atoms with Gasteiger partial charge in [-0.1, -0.05) is 33.6 Å². The molecule has 13 heteroatoms. The van der Waals surface area contributed by atoms with Crippen LogP contribution >= 0.6 is 27.5 Å². The third-order valence-corrected chi connectivity index (χ3v) is 5.66. The van der Waals surface area contributed by atoms with Gasteiger partial charge in [-0.3, -0.25) is 19.4 Å². The maximum absolute atomic E-state index is 12.6. The lowest BCUT2D eigenvalue weighted by Crippen LogP contribution is -2.42. The zero-order valence-corrected chi connectivity index (χ0v) is 20.6. The smallest absolute Gasteiger partial charge is 0.305 e. The average Bonchev–Trinajstić information content (AvgIpc) is 2.81. The van der Waals surface area contributed by atoms with Gasteiger partial charge < -0.3 is 36.6 Å². The van der Waals surface area contributed by atoms with Crippen molar-refractivity contribution in [1.82, 2.24) is 16.0 Å². The minimum absolute atomic E-state index is 0.00799. The Morgan fingerprint density at radius 2 is 2.03 bits per heavy atom. The van der Waals surface area contributed by atoms with Crippen LogP contribution in [0.1, 0.15) is 28.4 Å². The first-order chi connectivity index (χ1) is 16.6. The van der Waals surface area contributed by atoms with Gasteiger partial charge in [-0.2, -0.15) is 0 Å². The highest BCUT2D eigenvalue weighted by atomic mass is 79.9. The fourth-order valence-electron chi connectivity index (χ4n) is 3.26. The van der Waals surface area contributed by atoms with Gasteiger partial charge >= 0.3 is 5.97 Å². The van der Waals surface area contributed by atoms with Crippen LogP contribution in [0.2, 0.25) is 5.02 Å². The molecule has 0 aliphatic carbocycles. The highest BCUT2D eigenvalue weighted by Crippen LogP contribution is 2.36. The maximum atomic E-state index is 12.6. The number of amides is 2. The van der Waals surface area contributed by atoms with E-state index >= 15 is 0 Å². The second-order valence-corrected chi connectivity index (χ2v) is 8.98. The van der Waals surface area contributed by atoms with E-state index in [1.54, 1.807) is 24.3 Å². The Kier molecular flexibility index (Phi) is 8.90. The van der Waals surface area contributed by atoms with Gasteiger partial charge in [0.1, 0.15) is 5.75 Å².